The van der Waals surface area contributed by atoms with Crippen LogP contribution >= 0.6 is 0 Å². The molecule has 0 atom stereocenters. The van der Waals surface area contributed by atoms with Gasteiger partial charge in [0, 0.05) is 25.8 Å². The molecule has 1 aliphatic heterocycles. The molecule has 22 heavy (non-hydrogen) atoms. The van der Waals surface area contributed by atoms with Gasteiger partial charge in [0.15, 0.2) is 0 Å². The molecule has 2 rings (SSSR count). The Morgan fingerprint density at radius 3 is 2.82 bits per heavy atom. The molecule has 1 aromatic rings. The highest BCUT2D eigenvalue weighted by atomic mass is 16.3. The van der Waals surface area contributed by atoms with Gasteiger partial charge in [0.2, 0.25) is 0 Å². The summed E-state index contributed by atoms with van der Waals surface area (Å²) in [6.07, 6.45) is 4.35. The number of nitrogens with one attached hydrogen (secondary N) is 1. The van der Waals surface area contributed by atoms with Crippen molar-refractivity contribution in [2.45, 2.75) is 25.4 Å². The van der Waals surface area contributed by atoms with Crippen LogP contribution in [0.1, 0.15) is 24.8 Å². The molecule has 1 aliphatic rings. The van der Waals surface area contributed by atoms with Crippen LogP contribution < -0.4 is 5.32 Å². The van der Waals surface area contributed by atoms with Crippen molar-refractivity contribution in [3.8, 4) is 6.07 Å². The number of piperidine rings is 1. The van der Waals surface area contributed by atoms with E-state index in [9.17, 15) is 5.11 Å². The van der Waals surface area contributed by atoms with Gasteiger partial charge in [0.05, 0.1) is 17.7 Å². The van der Waals surface area contributed by atoms with Crippen LogP contribution in [0.4, 0.5) is 5.82 Å². The smallest absolute Gasteiger partial charge is 0.290 e. The van der Waals surface area contributed by atoms with Crippen molar-refractivity contribution in [3.63, 3.8) is 0 Å². The van der Waals surface area contributed by atoms with Crippen molar-refractivity contribution in [1.82, 2.24) is 9.88 Å². The van der Waals surface area contributed by atoms with Gasteiger partial charge in [-0.1, -0.05) is 0 Å². The Hall–Kier alpha value is -2.17. The lowest BCUT2D eigenvalue weighted by Crippen LogP contribution is -2.36. The van der Waals surface area contributed by atoms with Crippen molar-refractivity contribution in [1.29, 1.82) is 5.26 Å². The first-order chi connectivity index (χ1) is 10.7. The predicted molar refractivity (Wildman–Crippen MR) is 82.4 cm³/mol. The minimum Gasteiger partial charge on any atom is -0.483 e. The third kappa shape index (κ3) is 7.02. The molecule has 0 amide bonds. The quantitative estimate of drug-likeness (QED) is 0.548. The van der Waals surface area contributed by atoms with Gasteiger partial charge in [0.1, 0.15) is 5.82 Å². The van der Waals surface area contributed by atoms with Gasteiger partial charge in [0.25, 0.3) is 6.47 Å². The zero-order valence-corrected chi connectivity index (χ0v) is 12.5. The molecule has 0 spiro atoms. The number of pyridine rings is 1. The number of likely N-dealkylation sites (tertiary alicyclic amines) is 1. The second-order valence-corrected chi connectivity index (χ2v) is 5.00. The molecular formula is C15H22N4O3. The molecule has 120 valence electrons. The standard InChI is InChI=1S/C14H20N4O.CH2O2/c15-11-12-2-6-17-14(10-12)16-5-1-7-18-8-3-13(19)4-9-18;2-1-3/h2,6,10,13,19H,1,3-5,7-9H2,(H,16,17);1H,(H,2,3). The minimum absolute atomic E-state index is 0.104. The largest absolute Gasteiger partial charge is 0.483 e. The first kappa shape index (κ1) is 17.9. The fraction of sp³-hybridized carbons (Fsp3) is 0.533. The molecular weight excluding hydrogens is 284 g/mol. The molecule has 0 bridgehead atoms. The van der Waals surface area contributed by atoms with E-state index in [0.717, 1.165) is 51.3 Å². The summed E-state index contributed by atoms with van der Waals surface area (Å²) in [5.74, 6) is 0.758. The summed E-state index contributed by atoms with van der Waals surface area (Å²) in [7, 11) is 0. The Balaban J connectivity index is 0.000000745. The third-order valence-corrected chi connectivity index (χ3v) is 3.40. The maximum Gasteiger partial charge on any atom is 0.290 e. The fourth-order valence-corrected chi connectivity index (χ4v) is 2.26. The maximum absolute atomic E-state index is 9.42. The van der Waals surface area contributed by atoms with Crippen LogP contribution in [0.2, 0.25) is 0 Å². The number of nitrogens with zero attached hydrogens (tertiary/aromatic N) is 3. The number of hydrogen-bond acceptors (Lipinski definition) is 6. The topological polar surface area (TPSA) is 109 Å². The number of rotatable bonds is 5. The molecule has 7 nitrogen and oxygen atoms in total. The van der Waals surface area contributed by atoms with E-state index in [0.29, 0.717) is 5.56 Å². The molecule has 3 N–H and O–H groups in total. The van der Waals surface area contributed by atoms with Crippen LogP contribution in [-0.2, 0) is 4.79 Å². The lowest BCUT2D eigenvalue weighted by atomic mass is 10.1. The van der Waals surface area contributed by atoms with E-state index in [1.54, 1.807) is 18.3 Å². The molecule has 0 radical (unpaired) electrons. The summed E-state index contributed by atoms with van der Waals surface area (Å²) >= 11 is 0. The first-order valence-corrected chi connectivity index (χ1v) is 7.28. The first-order valence-electron chi connectivity index (χ1n) is 7.28. The fourth-order valence-electron chi connectivity index (χ4n) is 2.26. The van der Waals surface area contributed by atoms with Crippen LogP contribution in [0.25, 0.3) is 0 Å². The average molecular weight is 306 g/mol. The molecule has 1 saturated heterocycles. The Labute approximate surface area is 130 Å². The van der Waals surface area contributed by atoms with E-state index in [2.05, 4.69) is 21.3 Å². The van der Waals surface area contributed by atoms with Crippen LogP contribution in [0, 0.1) is 11.3 Å². The van der Waals surface area contributed by atoms with Gasteiger partial charge in [-0.15, -0.1) is 0 Å². The second-order valence-electron chi connectivity index (χ2n) is 5.00. The van der Waals surface area contributed by atoms with E-state index < -0.39 is 0 Å². The van der Waals surface area contributed by atoms with Crippen molar-refractivity contribution in [2.75, 3.05) is 31.5 Å². The number of aliphatic hydroxyl groups is 1. The molecule has 7 heteroatoms. The Morgan fingerprint density at radius 1 is 1.50 bits per heavy atom. The number of hydrogen-bond donors (Lipinski definition) is 3. The molecule has 1 aromatic heterocycles. The summed E-state index contributed by atoms with van der Waals surface area (Å²) < 4.78 is 0. The van der Waals surface area contributed by atoms with E-state index in [1.807, 2.05) is 0 Å². The predicted octanol–water partition coefficient (Wildman–Crippen LogP) is 0.913. The number of aromatic nitrogens is 1. The van der Waals surface area contributed by atoms with E-state index in [1.165, 1.54) is 0 Å². The Kier molecular flexibility index (Phi) is 8.57. The summed E-state index contributed by atoms with van der Waals surface area (Å²) in [6, 6.07) is 5.56. The van der Waals surface area contributed by atoms with E-state index in [-0.39, 0.29) is 12.6 Å². The summed E-state index contributed by atoms with van der Waals surface area (Å²) in [4.78, 5) is 14.9. The normalized spacial score (nSPS) is 15.3. The number of carboxylic acid groups (broad SMARTS) is 1. The minimum atomic E-state index is -0.250. The second kappa shape index (κ2) is 10.5. The summed E-state index contributed by atoms with van der Waals surface area (Å²) in [5, 5.41) is 28.3. The molecule has 2 heterocycles. The van der Waals surface area contributed by atoms with Gasteiger partial charge in [-0.2, -0.15) is 5.26 Å². The van der Waals surface area contributed by atoms with Crippen molar-refractivity contribution < 1.29 is 15.0 Å². The van der Waals surface area contributed by atoms with E-state index >= 15 is 0 Å². The van der Waals surface area contributed by atoms with Crippen LogP contribution in [0.5, 0.6) is 0 Å². The van der Waals surface area contributed by atoms with Crippen molar-refractivity contribution in [2.24, 2.45) is 0 Å². The van der Waals surface area contributed by atoms with Crippen LogP contribution in [0.3, 0.4) is 0 Å². The van der Waals surface area contributed by atoms with E-state index in [4.69, 9.17) is 15.2 Å². The summed E-state index contributed by atoms with van der Waals surface area (Å²) in [5.41, 5.74) is 0.627. The van der Waals surface area contributed by atoms with Gasteiger partial charge in [-0.05, 0) is 37.9 Å². The lowest BCUT2D eigenvalue weighted by molar-refractivity contribution is -0.122. The Bertz CT molecular complexity index is 482. The number of carbonyl (C=O) groups is 1. The zero-order chi connectivity index (χ0) is 16.2. The van der Waals surface area contributed by atoms with Crippen molar-refractivity contribution >= 4 is 12.3 Å². The van der Waals surface area contributed by atoms with Crippen LogP contribution in [-0.4, -0.2) is 58.9 Å². The van der Waals surface area contributed by atoms with Gasteiger partial charge < -0.3 is 20.4 Å². The molecule has 0 unspecified atom stereocenters. The number of aliphatic hydroxyl groups excluding tert-OH is 1. The number of anilines is 1. The van der Waals surface area contributed by atoms with Crippen molar-refractivity contribution in [3.05, 3.63) is 23.9 Å². The Morgan fingerprint density at radius 2 is 2.18 bits per heavy atom. The monoisotopic (exact) mass is 306 g/mol. The van der Waals surface area contributed by atoms with Gasteiger partial charge >= 0.3 is 0 Å². The third-order valence-electron chi connectivity index (χ3n) is 3.40. The average Bonchev–Trinajstić information content (AvgIpc) is 2.54. The lowest BCUT2D eigenvalue weighted by Gasteiger charge is -2.29. The molecule has 1 fully saturated rings. The number of nitriles is 1. The summed E-state index contributed by atoms with van der Waals surface area (Å²) in [6.45, 7) is 3.62. The highest BCUT2D eigenvalue weighted by molar-refractivity contribution is 5.42. The van der Waals surface area contributed by atoms with Gasteiger partial charge in [-0.3, -0.25) is 4.79 Å². The molecule has 0 saturated carbocycles. The highest BCUT2D eigenvalue weighted by Gasteiger charge is 2.15. The molecule has 0 aromatic carbocycles. The highest BCUT2D eigenvalue weighted by Crippen LogP contribution is 2.10. The molecule has 0 aliphatic carbocycles. The van der Waals surface area contributed by atoms with Crippen LogP contribution in [0.15, 0.2) is 18.3 Å². The maximum atomic E-state index is 9.42. The zero-order valence-electron chi connectivity index (χ0n) is 12.5. The SMILES string of the molecule is N#Cc1ccnc(NCCCN2CCC(O)CC2)c1.O=CO. The van der Waals surface area contributed by atoms with Gasteiger partial charge in [-0.25, -0.2) is 4.98 Å².